The number of phenolic OH excluding ortho intramolecular Hbond substituents is 2. The molecular weight excluding hydrogens is 468 g/mol. The third-order valence-corrected chi connectivity index (χ3v) is 5.29. The van der Waals surface area contributed by atoms with Gasteiger partial charge in [-0.1, -0.05) is 34.1 Å². The highest BCUT2D eigenvalue weighted by molar-refractivity contribution is 5.63. The first-order valence-electron chi connectivity index (χ1n) is 10.5. The molecule has 2 aromatic carbocycles. The maximum absolute atomic E-state index is 10.8. The van der Waals surface area contributed by atoms with Gasteiger partial charge in [-0.15, -0.1) is 0 Å². The van der Waals surface area contributed by atoms with Crippen LogP contribution in [0.15, 0.2) is 18.2 Å². The van der Waals surface area contributed by atoms with Crippen LogP contribution in [-0.4, -0.2) is 29.9 Å². The summed E-state index contributed by atoms with van der Waals surface area (Å²) >= 11 is 0. The molecule has 0 bridgehead atoms. The molecule has 35 heavy (non-hydrogen) atoms. The molecule has 14 heteroatoms. The second-order valence-electron chi connectivity index (χ2n) is 8.08. The molecule has 14 nitrogen and oxygen atoms in total. The van der Waals surface area contributed by atoms with Crippen molar-refractivity contribution in [3.63, 3.8) is 0 Å². The zero-order chi connectivity index (χ0) is 27.2. The summed E-state index contributed by atoms with van der Waals surface area (Å²) in [4.78, 5) is 39.9. The van der Waals surface area contributed by atoms with Crippen molar-refractivity contribution in [3.05, 3.63) is 75.3 Å². The van der Waals surface area contributed by atoms with Crippen LogP contribution < -0.4 is 0 Å². The van der Waals surface area contributed by atoms with Gasteiger partial charge in [-0.3, -0.25) is 40.5 Å². The maximum Gasteiger partial charge on any atom is 0.317 e. The number of aromatic hydroxyl groups is 2. The molecule has 0 aromatic heterocycles. The Morgan fingerprint density at radius 2 is 1.26 bits per heavy atom. The number of non-ortho nitro benzene ring substituents is 1. The van der Waals surface area contributed by atoms with E-state index in [1.54, 1.807) is 20.8 Å². The lowest BCUT2D eigenvalue weighted by atomic mass is 9.94. The Kier molecular flexibility index (Phi) is 9.56. The average Bonchev–Trinajstić information content (AvgIpc) is 2.73. The summed E-state index contributed by atoms with van der Waals surface area (Å²) in [5, 5.41) is 62.5. The summed E-state index contributed by atoms with van der Waals surface area (Å²) < 4.78 is 0. The van der Waals surface area contributed by atoms with Crippen LogP contribution in [0.25, 0.3) is 0 Å². The average molecular weight is 494 g/mol. The molecule has 0 aliphatic heterocycles. The minimum atomic E-state index is -0.826. The molecule has 0 amide bonds. The van der Waals surface area contributed by atoms with Crippen LogP contribution in [0.1, 0.15) is 69.1 Å². The lowest BCUT2D eigenvalue weighted by Gasteiger charge is -2.12. The maximum atomic E-state index is 10.8. The number of nitro groups is 4. The number of benzene rings is 2. The largest absolute Gasteiger partial charge is 0.502 e. The second kappa shape index (κ2) is 11.7. The summed E-state index contributed by atoms with van der Waals surface area (Å²) in [7, 11) is 0. The van der Waals surface area contributed by atoms with Gasteiger partial charge in [0.2, 0.25) is 0 Å². The number of nitrogens with zero attached hydrogens (tertiary/aromatic N) is 4. The summed E-state index contributed by atoms with van der Waals surface area (Å²) in [5.41, 5.74) is -1.24. The number of hydrogen-bond donors (Lipinski definition) is 2. The van der Waals surface area contributed by atoms with Gasteiger partial charge in [0.1, 0.15) is 0 Å². The minimum absolute atomic E-state index is 0.173. The first-order valence-corrected chi connectivity index (χ1v) is 10.5. The molecule has 0 aliphatic rings. The first-order chi connectivity index (χ1) is 16.1. The van der Waals surface area contributed by atoms with Crippen molar-refractivity contribution < 1.29 is 29.9 Å². The van der Waals surface area contributed by atoms with Gasteiger partial charge < -0.3 is 10.2 Å². The van der Waals surface area contributed by atoms with Crippen molar-refractivity contribution in [2.75, 3.05) is 0 Å². The standard InChI is InChI=1S/C11H14N2O5.C10H12N2O5/c1-3-4-7(2)9-5-8(12(15)16)6-10(11(9)14)13(17)18;1-5(2)9-6(3)7(11(14)15)4-8(10(9)13)12(16)17/h5-7,14H,3-4H2,1-2H3;4-5,13H,1-3H3. The molecule has 190 valence electrons. The van der Waals surface area contributed by atoms with E-state index in [1.165, 1.54) is 13.0 Å². The molecule has 1 atom stereocenters. The quantitative estimate of drug-likeness (QED) is 0.334. The molecule has 2 aromatic rings. The zero-order valence-corrected chi connectivity index (χ0v) is 19.8. The molecule has 0 spiro atoms. The predicted molar refractivity (Wildman–Crippen MR) is 125 cm³/mol. The van der Waals surface area contributed by atoms with Crippen molar-refractivity contribution in [2.24, 2.45) is 0 Å². The van der Waals surface area contributed by atoms with Crippen LogP contribution >= 0.6 is 0 Å². The molecule has 0 saturated carbocycles. The number of hydrogen-bond acceptors (Lipinski definition) is 10. The van der Waals surface area contributed by atoms with Crippen molar-refractivity contribution in [2.45, 2.75) is 59.3 Å². The van der Waals surface area contributed by atoms with Crippen molar-refractivity contribution >= 4 is 22.7 Å². The molecule has 0 saturated heterocycles. The van der Waals surface area contributed by atoms with E-state index in [0.29, 0.717) is 6.42 Å². The van der Waals surface area contributed by atoms with Gasteiger partial charge in [-0.25, -0.2) is 0 Å². The number of phenols is 2. The topological polar surface area (TPSA) is 213 Å². The lowest BCUT2D eigenvalue weighted by Crippen LogP contribution is -2.02. The van der Waals surface area contributed by atoms with Crippen molar-refractivity contribution in [1.82, 2.24) is 0 Å². The number of nitro benzene ring substituents is 4. The monoisotopic (exact) mass is 494 g/mol. The van der Waals surface area contributed by atoms with E-state index in [9.17, 15) is 50.7 Å². The Bertz CT molecular complexity index is 1130. The van der Waals surface area contributed by atoms with E-state index in [4.69, 9.17) is 0 Å². The van der Waals surface area contributed by atoms with Gasteiger partial charge >= 0.3 is 11.4 Å². The first kappa shape index (κ1) is 28.7. The van der Waals surface area contributed by atoms with E-state index >= 15 is 0 Å². The zero-order valence-electron chi connectivity index (χ0n) is 19.8. The Labute approximate surface area is 199 Å². The second-order valence-corrected chi connectivity index (χ2v) is 8.08. The lowest BCUT2D eigenvalue weighted by molar-refractivity contribution is -0.395. The van der Waals surface area contributed by atoms with Crippen LogP contribution in [0.5, 0.6) is 11.5 Å². The summed E-state index contributed by atoms with van der Waals surface area (Å²) in [6.07, 6.45) is 1.50. The van der Waals surface area contributed by atoms with Crippen molar-refractivity contribution in [3.8, 4) is 11.5 Å². The fourth-order valence-corrected chi connectivity index (χ4v) is 3.63. The Hall–Kier alpha value is -4.36. The van der Waals surface area contributed by atoms with E-state index in [-0.39, 0.29) is 39.9 Å². The smallest absolute Gasteiger partial charge is 0.317 e. The van der Waals surface area contributed by atoms with E-state index < -0.39 is 42.6 Å². The molecule has 2 rings (SSSR count). The third-order valence-electron chi connectivity index (χ3n) is 5.29. The normalized spacial score (nSPS) is 11.4. The fourth-order valence-electron chi connectivity index (χ4n) is 3.63. The summed E-state index contributed by atoms with van der Waals surface area (Å²) in [6.45, 7) is 8.58. The molecule has 1 unspecified atom stereocenters. The van der Waals surface area contributed by atoms with Crippen molar-refractivity contribution in [1.29, 1.82) is 0 Å². The highest BCUT2D eigenvalue weighted by Gasteiger charge is 2.29. The predicted octanol–water partition coefficient (Wildman–Crippen LogP) is 5.75. The van der Waals surface area contributed by atoms with Gasteiger partial charge in [0.15, 0.2) is 11.5 Å². The molecule has 0 aliphatic carbocycles. The molecule has 0 fully saturated rings. The summed E-state index contributed by atoms with van der Waals surface area (Å²) in [5.74, 6) is -1.39. The van der Waals surface area contributed by atoms with Gasteiger partial charge in [0, 0.05) is 22.8 Å². The van der Waals surface area contributed by atoms with Crippen LogP contribution in [0.4, 0.5) is 22.7 Å². The highest BCUT2D eigenvalue weighted by Crippen LogP contribution is 2.41. The third kappa shape index (κ3) is 6.59. The fraction of sp³-hybridized carbons (Fsp3) is 0.429. The van der Waals surface area contributed by atoms with Gasteiger partial charge in [-0.05, 0) is 25.2 Å². The van der Waals surface area contributed by atoms with E-state index in [2.05, 4.69) is 0 Å². The molecular formula is C21H26N4O10. The molecule has 2 N–H and O–H groups in total. The van der Waals surface area contributed by atoms with Gasteiger partial charge in [0.25, 0.3) is 11.4 Å². The molecule has 0 heterocycles. The summed E-state index contributed by atoms with van der Waals surface area (Å²) in [6, 6.07) is 2.76. The SMILES string of the molecule is CCCC(C)c1cc([N+](=O)[O-])cc([N+](=O)[O-])c1O.Cc1c([N+](=O)[O-])cc([N+](=O)[O-])c(O)c1C(C)C. The minimum Gasteiger partial charge on any atom is -0.502 e. The number of rotatable bonds is 8. The van der Waals surface area contributed by atoms with Gasteiger partial charge in [-0.2, -0.15) is 0 Å². The Balaban J connectivity index is 0.000000351. The highest BCUT2D eigenvalue weighted by atomic mass is 16.6. The Morgan fingerprint density at radius 1 is 0.771 bits per heavy atom. The van der Waals surface area contributed by atoms with E-state index in [1.807, 2.05) is 6.92 Å². The van der Waals surface area contributed by atoms with Crippen LogP contribution in [0, 0.1) is 47.4 Å². The van der Waals surface area contributed by atoms with Crippen LogP contribution in [-0.2, 0) is 0 Å². The van der Waals surface area contributed by atoms with Crippen LogP contribution in [0.2, 0.25) is 0 Å². The van der Waals surface area contributed by atoms with Crippen LogP contribution in [0.3, 0.4) is 0 Å². The van der Waals surface area contributed by atoms with Gasteiger partial charge in [0.05, 0.1) is 31.8 Å². The van der Waals surface area contributed by atoms with E-state index in [0.717, 1.165) is 18.6 Å². The Morgan fingerprint density at radius 3 is 1.66 bits per heavy atom. The molecule has 0 radical (unpaired) electrons.